The van der Waals surface area contributed by atoms with Crippen molar-refractivity contribution < 1.29 is 9.21 Å². The number of aromatic nitrogens is 1. The third-order valence-corrected chi connectivity index (χ3v) is 1.67. The molecule has 1 amide bonds. The molecule has 1 aromatic heterocycles. The predicted octanol–water partition coefficient (Wildman–Crippen LogP) is 0.149. The number of hydrogen-bond donors (Lipinski definition) is 2. The number of anilines is 1. The van der Waals surface area contributed by atoms with Crippen LogP contribution in [-0.2, 0) is 0 Å². The van der Waals surface area contributed by atoms with Gasteiger partial charge in [0.25, 0.3) is 11.9 Å². The molecule has 0 aromatic carbocycles. The van der Waals surface area contributed by atoms with E-state index in [0.29, 0.717) is 6.04 Å². The van der Waals surface area contributed by atoms with E-state index < -0.39 is 0 Å². The fourth-order valence-corrected chi connectivity index (χ4v) is 0.879. The van der Waals surface area contributed by atoms with Crippen LogP contribution in [-0.4, -0.2) is 16.9 Å². The van der Waals surface area contributed by atoms with Crippen molar-refractivity contribution >= 4 is 11.9 Å². The lowest BCUT2D eigenvalue weighted by Crippen LogP contribution is -2.25. The van der Waals surface area contributed by atoms with Gasteiger partial charge in [0.05, 0.1) is 0 Å². The Hall–Kier alpha value is -1.52. The van der Waals surface area contributed by atoms with Gasteiger partial charge in [-0.15, -0.1) is 0 Å². The Labute approximate surface area is 69.0 Å². The van der Waals surface area contributed by atoms with Crippen molar-refractivity contribution in [1.82, 2.24) is 10.3 Å². The number of amides is 1. The molecule has 0 aliphatic heterocycles. The van der Waals surface area contributed by atoms with Gasteiger partial charge in [0.2, 0.25) is 0 Å². The van der Waals surface area contributed by atoms with Crippen LogP contribution in [0.1, 0.15) is 23.3 Å². The largest absolute Gasteiger partial charge is 0.431 e. The van der Waals surface area contributed by atoms with E-state index in [2.05, 4.69) is 10.3 Å². The Balaban J connectivity index is 2.03. The minimum absolute atomic E-state index is 0.0240. The monoisotopic (exact) mass is 167 g/mol. The summed E-state index contributed by atoms with van der Waals surface area (Å²) in [4.78, 5) is 14.9. The topological polar surface area (TPSA) is 81.1 Å². The molecule has 5 nitrogen and oxygen atoms in total. The van der Waals surface area contributed by atoms with Crippen molar-refractivity contribution in [2.24, 2.45) is 0 Å². The second kappa shape index (κ2) is 2.51. The van der Waals surface area contributed by atoms with Crippen molar-refractivity contribution in [3.63, 3.8) is 0 Å². The molecule has 1 aliphatic rings. The second-order valence-corrected chi connectivity index (χ2v) is 2.82. The first-order valence-electron chi connectivity index (χ1n) is 3.77. The summed E-state index contributed by atoms with van der Waals surface area (Å²) in [6, 6.07) is 0.353. The summed E-state index contributed by atoms with van der Waals surface area (Å²) in [6.07, 6.45) is 3.37. The number of carbonyl (C=O) groups is 1. The van der Waals surface area contributed by atoms with Gasteiger partial charge in [-0.25, -0.2) is 0 Å². The molecule has 0 spiro atoms. The third-order valence-electron chi connectivity index (χ3n) is 1.67. The molecule has 64 valence electrons. The van der Waals surface area contributed by atoms with Crippen molar-refractivity contribution in [1.29, 1.82) is 0 Å². The Morgan fingerprint density at radius 3 is 3.00 bits per heavy atom. The second-order valence-electron chi connectivity index (χ2n) is 2.82. The van der Waals surface area contributed by atoms with E-state index in [9.17, 15) is 4.79 Å². The van der Waals surface area contributed by atoms with Crippen LogP contribution in [0.5, 0.6) is 0 Å². The van der Waals surface area contributed by atoms with Crippen LogP contribution < -0.4 is 11.1 Å². The lowest BCUT2D eigenvalue weighted by atomic mass is 10.4. The lowest BCUT2D eigenvalue weighted by molar-refractivity contribution is 0.0946. The molecule has 0 saturated heterocycles. The first kappa shape index (κ1) is 7.15. The normalized spacial score (nSPS) is 16.0. The maximum atomic E-state index is 11.2. The molecule has 0 atom stereocenters. The molecule has 12 heavy (non-hydrogen) atoms. The van der Waals surface area contributed by atoms with Crippen molar-refractivity contribution in [2.75, 3.05) is 5.73 Å². The van der Waals surface area contributed by atoms with E-state index in [-0.39, 0.29) is 17.6 Å². The Kier molecular flexibility index (Phi) is 1.49. The molecule has 1 fully saturated rings. The summed E-state index contributed by atoms with van der Waals surface area (Å²) < 4.78 is 4.69. The molecule has 0 bridgehead atoms. The fraction of sp³-hybridized carbons (Fsp3) is 0.429. The number of rotatable bonds is 2. The number of nitrogens with two attached hydrogens (primary N) is 1. The molecule has 0 unspecified atom stereocenters. The van der Waals surface area contributed by atoms with Gasteiger partial charge in [0, 0.05) is 6.04 Å². The number of nitrogens with one attached hydrogen (secondary N) is 1. The Morgan fingerprint density at radius 1 is 1.75 bits per heavy atom. The number of carbonyl (C=O) groups excluding carboxylic acids is 1. The quantitative estimate of drug-likeness (QED) is 0.656. The highest BCUT2D eigenvalue weighted by molar-refractivity contribution is 5.92. The number of hydrogen-bond acceptors (Lipinski definition) is 4. The summed E-state index contributed by atoms with van der Waals surface area (Å²) in [5.74, 6) is -0.210. The summed E-state index contributed by atoms with van der Waals surface area (Å²) in [5, 5.41) is 2.77. The first-order valence-corrected chi connectivity index (χ1v) is 3.77. The fourth-order valence-electron chi connectivity index (χ4n) is 0.879. The number of nitrogen functional groups attached to an aromatic ring is 1. The van der Waals surface area contributed by atoms with E-state index in [4.69, 9.17) is 10.2 Å². The zero-order chi connectivity index (χ0) is 8.55. The summed E-state index contributed by atoms with van der Waals surface area (Å²) in [6.45, 7) is 0. The van der Waals surface area contributed by atoms with Gasteiger partial charge in [-0.05, 0) is 12.8 Å². The van der Waals surface area contributed by atoms with Gasteiger partial charge in [0.15, 0.2) is 5.69 Å². The van der Waals surface area contributed by atoms with Crippen LogP contribution in [0.4, 0.5) is 6.01 Å². The van der Waals surface area contributed by atoms with Crippen LogP contribution in [0.25, 0.3) is 0 Å². The molecule has 2 rings (SSSR count). The molecular weight excluding hydrogens is 158 g/mol. The van der Waals surface area contributed by atoms with E-state index >= 15 is 0 Å². The van der Waals surface area contributed by atoms with Gasteiger partial charge in [-0.3, -0.25) is 4.79 Å². The molecule has 1 saturated carbocycles. The van der Waals surface area contributed by atoms with Crippen LogP contribution in [0.3, 0.4) is 0 Å². The van der Waals surface area contributed by atoms with Gasteiger partial charge >= 0.3 is 0 Å². The standard InChI is InChI=1S/C7H9N3O2/c8-7-10-5(3-12-7)6(11)9-4-1-2-4/h3-4H,1-2H2,(H2,8,10)(H,9,11). The van der Waals surface area contributed by atoms with E-state index in [0.717, 1.165) is 12.8 Å². The third kappa shape index (κ3) is 1.39. The minimum Gasteiger partial charge on any atom is -0.431 e. The van der Waals surface area contributed by atoms with E-state index in [1.807, 2.05) is 0 Å². The summed E-state index contributed by atoms with van der Waals surface area (Å²) in [5.41, 5.74) is 5.45. The zero-order valence-electron chi connectivity index (χ0n) is 6.41. The predicted molar refractivity (Wildman–Crippen MR) is 41.4 cm³/mol. The molecular formula is C7H9N3O2. The van der Waals surface area contributed by atoms with E-state index in [1.54, 1.807) is 0 Å². The lowest BCUT2D eigenvalue weighted by Gasteiger charge is -1.96. The highest BCUT2D eigenvalue weighted by Crippen LogP contribution is 2.19. The van der Waals surface area contributed by atoms with Crippen molar-refractivity contribution in [2.45, 2.75) is 18.9 Å². The molecule has 5 heteroatoms. The average Bonchev–Trinajstić information content (AvgIpc) is 2.72. The smallest absolute Gasteiger partial charge is 0.292 e. The molecule has 1 heterocycles. The first-order chi connectivity index (χ1) is 5.75. The minimum atomic E-state index is -0.210. The number of nitrogens with zero attached hydrogens (tertiary/aromatic N) is 1. The zero-order valence-corrected chi connectivity index (χ0v) is 6.41. The maximum absolute atomic E-state index is 11.2. The Morgan fingerprint density at radius 2 is 2.50 bits per heavy atom. The van der Waals surface area contributed by atoms with Crippen molar-refractivity contribution in [3.05, 3.63) is 12.0 Å². The molecule has 3 N–H and O–H groups in total. The van der Waals surface area contributed by atoms with Crippen LogP contribution in [0.2, 0.25) is 0 Å². The molecule has 1 aromatic rings. The highest BCUT2D eigenvalue weighted by Gasteiger charge is 2.24. The maximum Gasteiger partial charge on any atom is 0.292 e. The SMILES string of the molecule is Nc1nc(C(=O)NC2CC2)co1. The highest BCUT2D eigenvalue weighted by atomic mass is 16.4. The molecule has 1 aliphatic carbocycles. The van der Waals surface area contributed by atoms with Crippen LogP contribution >= 0.6 is 0 Å². The Bertz CT molecular complexity index is 303. The van der Waals surface area contributed by atoms with Gasteiger partial charge in [-0.2, -0.15) is 4.98 Å². The van der Waals surface area contributed by atoms with Gasteiger partial charge < -0.3 is 15.5 Å². The average molecular weight is 167 g/mol. The summed E-state index contributed by atoms with van der Waals surface area (Å²) >= 11 is 0. The van der Waals surface area contributed by atoms with Crippen molar-refractivity contribution in [3.8, 4) is 0 Å². The van der Waals surface area contributed by atoms with Crippen LogP contribution in [0, 0.1) is 0 Å². The number of oxazole rings is 1. The van der Waals surface area contributed by atoms with E-state index in [1.165, 1.54) is 6.26 Å². The molecule has 0 radical (unpaired) electrons. The van der Waals surface area contributed by atoms with Gasteiger partial charge in [-0.1, -0.05) is 0 Å². The summed E-state index contributed by atoms with van der Waals surface area (Å²) in [7, 11) is 0. The van der Waals surface area contributed by atoms with Gasteiger partial charge in [0.1, 0.15) is 6.26 Å². The van der Waals surface area contributed by atoms with Crippen LogP contribution in [0.15, 0.2) is 10.7 Å².